The van der Waals surface area contributed by atoms with Gasteiger partial charge < -0.3 is 14.6 Å². The highest BCUT2D eigenvalue weighted by Crippen LogP contribution is 2.08. The van der Waals surface area contributed by atoms with Crippen LogP contribution in [0.1, 0.15) is 28.4 Å². The zero-order chi connectivity index (χ0) is 20.5. The fourth-order valence-electron chi connectivity index (χ4n) is 3.16. The second-order valence-corrected chi connectivity index (χ2v) is 7.00. The van der Waals surface area contributed by atoms with E-state index in [1.54, 1.807) is 13.0 Å². The van der Waals surface area contributed by atoms with E-state index >= 15 is 0 Å². The van der Waals surface area contributed by atoms with Crippen LogP contribution >= 0.6 is 0 Å². The van der Waals surface area contributed by atoms with Gasteiger partial charge >= 0.3 is 0 Å². The molecule has 0 aliphatic carbocycles. The van der Waals surface area contributed by atoms with Gasteiger partial charge in [-0.05, 0) is 37.0 Å². The van der Waals surface area contributed by atoms with Crippen LogP contribution in [0.25, 0.3) is 0 Å². The molecule has 0 spiro atoms. The number of hydrogen-bond acceptors (Lipinski definition) is 3. The van der Waals surface area contributed by atoms with E-state index in [4.69, 9.17) is 4.42 Å². The second-order valence-electron chi connectivity index (χ2n) is 7.00. The molecule has 0 saturated heterocycles. The summed E-state index contributed by atoms with van der Waals surface area (Å²) in [6.45, 7) is 2.92. The molecule has 1 atom stereocenters. The minimum atomic E-state index is -0.621. The average Bonchev–Trinajstić information content (AvgIpc) is 3.30. The van der Waals surface area contributed by atoms with Crippen molar-refractivity contribution in [2.45, 2.75) is 25.8 Å². The molecule has 1 heterocycles. The lowest BCUT2D eigenvalue weighted by atomic mass is 10.1. The zero-order valence-electron chi connectivity index (χ0n) is 16.6. The molecule has 29 heavy (non-hydrogen) atoms. The fourth-order valence-corrected chi connectivity index (χ4v) is 3.16. The molecule has 3 rings (SSSR count). The number of carbonyl (C=O) groups excluding carboxylic acids is 2. The van der Waals surface area contributed by atoms with Crippen LogP contribution in [0.15, 0.2) is 83.7 Å². The Bertz CT molecular complexity index is 849. The van der Waals surface area contributed by atoms with Crippen molar-refractivity contribution >= 4 is 11.8 Å². The Kier molecular flexibility index (Phi) is 7.22. The van der Waals surface area contributed by atoms with Crippen LogP contribution in [0, 0.1) is 0 Å². The molecule has 0 fully saturated rings. The predicted octanol–water partition coefficient (Wildman–Crippen LogP) is 3.71. The molecule has 0 radical (unpaired) electrons. The lowest BCUT2D eigenvalue weighted by molar-refractivity contribution is -0.132. The Balaban J connectivity index is 1.64. The fraction of sp³-hybridized carbons (Fsp3) is 0.250. The first-order valence-electron chi connectivity index (χ1n) is 9.83. The Morgan fingerprint density at radius 1 is 0.897 bits per heavy atom. The number of rotatable bonds is 9. The maximum Gasteiger partial charge on any atom is 0.255 e. The number of nitrogens with one attached hydrogen (secondary N) is 1. The van der Waals surface area contributed by atoms with Crippen molar-refractivity contribution in [1.29, 1.82) is 0 Å². The molecule has 0 aliphatic rings. The van der Waals surface area contributed by atoms with Crippen molar-refractivity contribution in [3.63, 3.8) is 0 Å². The van der Waals surface area contributed by atoms with E-state index in [9.17, 15) is 9.59 Å². The summed E-state index contributed by atoms with van der Waals surface area (Å²) in [5.74, 6) is -0.403. The summed E-state index contributed by atoms with van der Waals surface area (Å²) in [6.07, 6.45) is 4.34. The maximum atomic E-state index is 13.1. The van der Waals surface area contributed by atoms with Gasteiger partial charge in [0.25, 0.3) is 5.91 Å². The SMILES string of the molecule is CC(NC(=O)c1ccoc1)C(=O)N(CCc1ccccc1)CCc1ccccc1. The molecule has 1 aromatic heterocycles. The molecule has 5 heteroatoms. The third-order valence-corrected chi connectivity index (χ3v) is 4.84. The molecule has 2 amide bonds. The summed E-state index contributed by atoms with van der Waals surface area (Å²) in [5.41, 5.74) is 2.77. The number of benzene rings is 2. The Morgan fingerprint density at radius 3 is 1.93 bits per heavy atom. The number of nitrogens with zero attached hydrogens (tertiary/aromatic N) is 1. The number of furan rings is 1. The summed E-state index contributed by atoms with van der Waals surface area (Å²) in [4.78, 5) is 27.2. The third-order valence-electron chi connectivity index (χ3n) is 4.84. The van der Waals surface area contributed by atoms with Crippen LogP contribution < -0.4 is 5.32 Å². The van der Waals surface area contributed by atoms with Gasteiger partial charge in [-0.2, -0.15) is 0 Å². The molecular formula is C24H26N2O3. The number of amides is 2. The molecular weight excluding hydrogens is 364 g/mol. The molecule has 0 saturated carbocycles. The minimum absolute atomic E-state index is 0.0892. The van der Waals surface area contributed by atoms with E-state index in [1.807, 2.05) is 41.3 Å². The monoisotopic (exact) mass is 390 g/mol. The Labute approximate surface area is 171 Å². The molecule has 0 aliphatic heterocycles. The van der Waals surface area contributed by atoms with Gasteiger partial charge in [0, 0.05) is 13.1 Å². The smallest absolute Gasteiger partial charge is 0.255 e. The first-order chi connectivity index (χ1) is 14.1. The molecule has 150 valence electrons. The topological polar surface area (TPSA) is 62.6 Å². The standard InChI is InChI=1S/C24H26N2O3/c1-19(25-23(27)22-14-17-29-18-22)24(28)26(15-12-20-8-4-2-5-9-20)16-13-21-10-6-3-7-11-21/h2-11,14,17-19H,12-13,15-16H2,1H3,(H,25,27). The molecule has 2 aromatic carbocycles. The van der Waals surface area contributed by atoms with Crippen LogP contribution in [0.5, 0.6) is 0 Å². The number of hydrogen-bond donors (Lipinski definition) is 1. The van der Waals surface area contributed by atoms with E-state index < -0.39 is 6.04 Å². The first-order valence-corrected chi connectivity index (χ1v) is 9.83. The molecule has 0 bridgehead atoms. The maximum absolute atomic E-state index is 13.1. The van der Waals surface area contributed by atoms with Gasteiger partial charge in [-0.15, -0.1) is 0 Å². The quantitative estimate of drug-likeness (QED) is 0.606. The Morgan fingerprint density at radius 2 is 1.45 bits per heavy atom. The van der Waals surface area contributed by atoms with E-state index in [0.717, 1.165) is 12.8 Å². The van der Waals surface area contributed by atoms with Crippen molar-refractivity contribution in [2.24, 2.45) is 0 Å². The summed E-state index contributed by atoms with van der Waals surface area (Å²) < 4.78 is 4.94. The van der Waals surface area contributed by atoms with Gasteiger partial charge in [0.15, 0.2) is 0 Å². The van der Waals surface area contributed by atoms with E-state index in [2.05, 4.69) is 29.6 Å². The van der Waals surface area contributed by atoms with Gasteiger partial charge in [-0.25, -0.2) is 0 Å². The second kappa shape index (κ2) is 10.3. The van der Waals surface area contributed by atoms with Gasteiger partial charge in [-0.3, -0.25) is 9.59 Å². The number of carbonyl (C=O) groups is 2. The van der Waals surface area contributed by atoms with Crippen molar-refractivity contribution in [1.82, 2.24) is 10.2 Å². The minimum Gasteiger partial charge on any atom is -0.472 e. The lowest BCUT2D eigenvalue weighted by Crippen LogP contribution is -2.48. The summed E-state index contributed by atoms with van der Waals surface area (Å²) in [7, 11) is 0. The van der Waals surface area contributed by atoms with E-state index in [0.29, 0.717) is 18.7 Å². The van der Waals surface area contributed by atoms with Crippen molar-refractivity contribution in [3.8, 4) is 0 Å². The molecule has 5 nitrogen and oxygen atoms in total. The first kappa shape index (κ1) is 20.4. The van der Waals surface area contributed by atoms with Crippen LogP contribution in [0.2, 0.25) is 0 Å². The highest BCUT2D eigenvalue weighted by atomic mass is 16.3. The van der Waals surface area contributed by atoms with Crippen LogP contribution in [-0.2, 0) is 17.6 Å². The van der Waals surface area contributed by atoms with Crippen LogP contribution in [-0.4, -0.2) is 35.8 Å². The summed E-state index contributed by atoms with van der Waals surface area (Å²) >= 11 is 0. The lowest BCUT2D eigenvalue weighted by Gasteiger charge is -2.26. The molecule has 1 N–H and O–H groups in total. The van der Waals surface area contributed by atoms with Gasteiger partial charge in [0.1, 0.15) is 12.3 Å². The van der Waals surface area contributed by atoms with Crippen LogP contribution in [0.3, 0.4) is 0 Å². The normalized spacial score (nSPS) is 11.6. The Hall–Kier alpha value is -3.34. The van der Waals surface area contributed by atoms with Gasteiger partial charge in [-0.1, -0.05) is 60.7 Å². The predicted molar refractivity (Wildman–Crippen MR) is 113 cm³/mol. The van der Waals surface area contributed by atoms with Crippen LogP contribution in [0.4, 0.5) is 0 Å². The van der Waals surface area contributed by atoms with E-state index in [-0.39, 0.29) is 11.8 Å². The highest BCUT2D eigenvalue weighted by molar-refractivity contribution is 5.97. The van der Waals surface area contributed by atoms with E-state index in [1.165, 1.54) is 23.7 Å². The summed E-state index contributed by atoms with van der Waals surface area (Å²) in [5, 5.41) is 2.77. The van der Waals surface area contributed by atoms with Gasteiger partial charge in [0.2, 0.25) is 5.91 Å². The van der Waals surface area contributed by atoms with Crippen molar-refractivity contribution in [3.05, 3.63) is 95.9 Å². The van der Waals surface area contributed by atoms with Gasteiger partial charge in [0.05, 0.1) is 11.8 Å². The third kappa shape index (κ3) is 6.07. The molecule has 1 unspecified atom stereocenters. The van der Waals surface area contributed by atoms with Crippen molar-refractivity contribution in [2.75, 3.05) is 13.1 Å². The largest absolute Gasteiger partial charge is 0.472 e. The summed E-state index contributed by atoms with van der Waals surface area (Å²) in [6, 6.07) is 21.2. The zero-order valence-corrected chi connectivity index (χ0v) is 16.6. The highest BCUT2D eigenvalue weighted by Gasteiger charge is 2.22. The van der Waals surface area contributed by atoms with Crippen molar-refractivity contribution < 1.29 is 14.0 Å². The molecule has 3 aromatic rings. The average molecular weight is 390 g/mol.